The predicted molar refractivity (Wildman–Crippen MR) is 88.0 cm³/mol. The first-order valence-corrected chi connectivity index (χ1v) is 8.43. The second-order valence-corrected chi connectivity index (χ2v) is 8.29. The van der Waals surface area contributed by atoms with Crippen molar-refractivity contribution in [2.24, 2.45) is 5.92 Å². The molecule has 1 unspecified atom stereocenters. The fourth-order valence-electron chi connectivity index (χ4n) is 2.09. The van der Waals surface area contributed by atoms with E-state index in [0.29, 0.717) is 6.04 Å². The highest BCUT2D eigenvalue weighted by molar-refractivity contribution is 7.12. The molecule has 19 heavy (non-hydrogen) atoms. The molecule has 0 saturated heterocycles. The van der Waals surface area contributed by atoms with E-state index in [1.54, 1.807) is 0 Å². The lowest BCUT2D eigenvalue weighted by Crippen LogP contribution is -2.25. The van der Waals surface area contributed by atoms with E-state index in [0.717, 1.165) is 12.5 Å². The molecule has 1 nitrogen and oxygen atoms in total. The van der Waals surface area contributed by atoms with Crippen molar-refractivity contribution in [2.75, 3.05) is 0 Å². The van der Waals surface area contributed by atoms with Gasteiger partial charge in [0.05, 0.1) is 0 Å². The van der Waals surface area contributed by atoms with Crippen LogP contribution in [0.1, 0.15) is 70.6 Å². The third-order valence-corrected chi connectivity index (χ3v) is 4.96. The summed E-state index contributed by atoms with van der Waals surface area (Å²) < 4.78 is 0. The van der Waals surface area contributed by atoms with Gasteiger partial charge in [0.2, 0.25) is 0 Å². The van der Waals surface area contributed by atoms with Crippen molar-refractivity contribution in [1.29, 1.82) is 0 Å². The molecule has 0 saturated carbocycles. The Morgan fingerprint density at radius 2 is 1.79 bits per heavy atom. The minimum absolute atomic E-state index is 0.284. The molecule has 0 aliphatic carbocycles. The zero-order chi connectivity index (χ0) is 14.5. The summed E-state index contributed by atoms with van der Waals surface area (Å²) in [6.07, 6.45) is 3.97. The minimum atomic E-state index is 0.284. The van der Waals surface area contributed by atoms with Crippen molar-refractivity contribution in [2.45, 2.75) is 78.8 Å². The van der Waals surface area contributed by atoms with Crippen LogP contribution >= 0.6 is 11.3 Å². The molecule has 0 fully saturated rings. The van der Waals surface area contributed by atoms with Crippen molar-refractivity contribution in [1.82, 2.24) is 5.32 Å². The van der Waals surface area contributed by atoms with E-state index in [-0.39, 0.29) is 5.41 Å². The van der Waals surface area contributed by atoms with E-state index in [1.807, 2.05) is 11.3 Å². The molecule has 110 valence electrons. The molecule has 0 radical (unpaired) electrons. The first kappa shape index (κ1) is 16.7. The van der Waals surface area contributed by atoms with E-state index in [4.69, 9.17) is 0 Å². The Morgan fingerprint density at radius 3 is 2.32 bits per heavy atom. The summed E-state index contributed by atoms with van der Waals surface area (Å²) in [5.74, 6) is 0.832. The maximum Gasteiger partial charge on any atom is 0.0302 e. The second kappa shape index (κ2) is 7.44. The maximum atomic E-state index is 3.65. The molecule has 1 N–H and O–H groups in total. The Kier molecular flexibility index (Phi) is 6.55. The summed E-state index contributed by atoms with van der Waals surface area (Å²) in [6.45, 7) is 14.8. The summed E-state index contributed by atoms with van der Waals surface area (Å²) >= 11 is 1.95. The first-order chi connectivity index (χ1) is 8.79. The largest absolute Gasteiger partial charge is 0.309 e. The van der Waals surface area contributed by atoms with Gasteiger partial charge in [0, 0.05) is 22.3 Å². The molecule has 0 aliphatic heterocycles. The zero-order valence-electron chi connectivity index (χ0n) is 13.5. The van der Waals surface area contributed by atoms with E-state index in [2.05, 4.69) is 59.0 Å². The lowest BCUT2D eigenvalue weighted by atomic mass is 9.95. The van der Waals surface area contributed by atoms with Gasteiger partial charge in [-0.05, 0) is 36.8 Å². The van der Waals surface area contributed by atoms with Gasteiger partial charge in [-0.3, -0.25) is 0 Å². The Morgan fingerprint density at radius 1 is 1.11 bits per heavy atom. The van der Waals surface area contributed by atoms with Gasteiger partial charge in [0.1, 0.15) is 0 Å². The maximum absolute atomic E-state index is 3.65. The van der Waals surface area contributed by atoms with Gasteiger partial charge in [-0.2, -0.15) is 0 Å². The van der Waals surface area contributed by atoms with E-state index >= 15 is 0 Å². The molecule has 1 aromatic rings. The average Bonchev–Trinajstić information content (AvgIpc) is 2.74. The lowest BCUT2D eigenvalue weighted by Gasteiger charge is -2.16. The molecule has 0 bridgehead atoms. The van der Waals surface area contributed by atoms with Crippen LogP contribution in [0.5, 0.6) is 0 Å². The summed E-state index contributed by atoms with van der Waals surface area (Å²) in [4.78, 5) is 2.94. The molecule has 0 amide bonds. The normalized spacial score (nSPS) is 14.1. The third kappa shape index (κ3) is 6.58. The molecular formula is C17H31NS. The summed E-state index contributed by atoms with van der Waals surface area (Å²) in [5.41, 5.74) is 0.284. The summed E-state index contributed by atoms with van der Waals surface area (Å²) in [6, 6.07) is 5.18. The SMILES string of the molecule is CC(C)CCCC(C)NCc1ccc(C(C)(C)C)s1. The highest BCUT2D eigenvalue weighted by Crippen LogP contribution is 2.29. The van der Waals surface area contributed by atoms with Crippen molar-refractivity contribution in [3.8, 4) is 0 Å². The predicted octanol–water partition coefficient (Wildman–Crippen LogP) is 5.35. The number of nitrogens with one attached hydrogen (secondary N) is 1. The van der Waals surface area contributed by atoms with Crippen molar-refractivity contribution >= 4 is 11.3 Å². The van der Waals surface area contributed by atoms with Crippen LogP contribution in [-0.2, 0) is 12.0 Å². The van der Waals surface area contributed by atoms with E-state index < -0.39 is 0 Å². The molecule has 0 aliphatic rings. The number of rotatable bonds is 7. The quantitative estimate of drug-likeness (QED) is 0.710. The summed E-state index contributed by atoms with van der Waals surface area (Å²) in [7, 11) is 0. The Balaban J connectivity index is 2.30. The van der Waals surface area contributed by atoms with Crippen molar-refractivity contribution in [3.05, 3.63) is 21.9 Å². The smallest absolute Gasteiger partial charge is 0.0302 e. The molecule has 0 aromatic carbocycles. The van der Waals surface area contributed by atoms with Crippen LogP contribution in [0.25, 0.3) is 0 Å². The molecule has 1 rings (SSSR count). The van der Waals surface area contributed by atoms with Gasteiger partial charge in [-0.15, -0.1) is 11.3 Å². The highest BCUT2D eigenvalue weighted by Gasteiger charge is 2.16. The van der Waals surface area contributed by atoms with Crippen molar-refractivity contribution in [3.63, 3.8) is 0 Å². The van der Waals surface area contributed by atoms with Crippen LogP contribution < -0.4 is 5.32 Å². The molecule has 2 heteroatoms. The molecular weight excluding hydrogens is 250 g/mol. The molecule has 1 heterocycles. The van der Waals surface area contributed by atoms with Gasteiger partial charge < -0.3 is 5.32 Å². The highest BCUT2D eigenvalue weighted by atomic mass is 32.1. The summed E-state index contributed by atoms with van der Waals surface area (Å²) in [5, 5.41) is 3.65. The van der Waals surface area contributed by atoms with E-state index in [9.17, 15) is 0 Å². The number of hydrogen-bond donors (Lipinski definition) is 1. The van der Waals surface area contributed by atoms with Crippen LogP contribution in [0.15, 0.2) is 12.1 Å². The van der Waals surface area contributed by atoms with Gasteiger partial charge in [0.15, 0.2) is 0 Å². The van der Waals surface area contributed by atoms with Crippen LogP contribution in [0, 0.1) is 5.92 Å². The number of hydrogen-bond acceptors (Lipinski definition) is 2. The Labute approximate surface area is 123 Å². The lowest BCUT2D eigenvalue weighted by molar-refractivity contribution is 0.458. The monoisotopic (exact) mass is 281 g/mol. The van der Waals surface area contributed by atoms with Crippen LogP contribution in [0.4, 0.5) is 0 Å². The van der Waals surface area contributed by atoms with Crippen LogP contribution in [0.3, 0.4) is 0 Å². The van der Waals surface area contributed by atoms with Gasteiger partial charge in [-0.25, -0.2) is 0 Å². The van der Waals surface area contributed by atoms with Gasteiger partial charge in [-0.1, -0.05) is 47.5 Å². The van der Waals surface area contributed by atoms with Crippen LogP contribution in [0.2, 0.25) is 0 Å². The standard InChI is InChI=1S/C17H31NS/c1-13(2)8-7-9-14(3)18-12-15-10-11-16(19-15)17(4,5)6/h10-11,13-14,18H,7-9,12H2,1-6H3. The Bertz CT molecular complexity index is 360. The second-order valence-electron chi connectivity index (χ2n) is 7.12. The fourth-order valence-corrected chi connectivity index (χ4v) is 3.10. The van der Waals surface area contributed by atoms with Crippen molar-refractivity contribution < 1.29 is 0 Å². The van der Waals surface area contributed by atoms with Crippen LogP contribution in [-0.4, -0.2) is 6.04 Å². The minimum Gasteiger partial charge on any atom is -0.309 e. The average molecular weight is 282 g/mol. The molecule has 1 atom stereocenters. The number of thiophene rings is 1. The first-order valence-electron chi connectivity index (χ1n) is 7.61. The molecule has 1 aromatic heterocycles. The third-order valence-electron chi connectivity index (χ3n) is 3.44. The zero-order valence-corrected chi connectivity index (χ0v) is 14.4. The fraction of sp³-hybridized carbons (Fsp3) is 0.765. The van der Waals surface area contributed by atoms with Gasteiger partial charge >= 0.3 is 0 Å². The molecule has 0 spiro atoms. The van der Waals surface area contributed by atoms with Gasteiger partial charge in [0.25, 0.3) is 0 Å². The topological polar surface area (TPSA) is 12.0 Å². The van der Waals surface area contributed by atoms with E-state index in [1.165, 1.54) is 29.0 Å². The Hall–Kier alpha value is -0.340.